The molecule has 3 N–H and O–H groups in total. The van der Waals surface area contributed by atoms with Gasteiger partial charge in [-0.15, -0.1) is 11.8 Å². The average molecular weight is 501 g/mol. The smallest absolute Gasteiger partial charge is 0.240 e. The Bertz CT molecular complexity index is 1360. The predicted molar refractivity (Wildman–Crippen MR) is 131 cm³/mol. The SMILES string of the molecule is COCCNS(=O)(=O)c1ccc(Nc2ncc(SCCO)c(-c3cnc4ccccn34)n2)cc1. The summed E-state index contributed by atoms with van der Waals surface area (Å²) in [4.78, 5) is 14.5. The van der Waals surface area contributed by atoms with Crippen LogP contribution in [0.1, 0.15) is 0 Å². The Morgan fingerprint density at radius 3 is 2.71 bits per heavy atom. The monoisotopic (exact) mass is 500 g/mol. The first-order valence-electron chi connectivity index (χ1n) is 10.4. The van der Waals surface area contributed by atoms with E-state index in [9.17, 15) is 13.5 Å². The summed E-state index contributed by atoms with van der Waals surface area (Å²) >= 11 is 1.46. The molecule has 0 saturated carbocycles. The van der Waals surface area contributed by atoms with Crippen LogP contribution in [0, 0.1) is 0 Å². The van der Waals surface area contributed by atoms with Crippen molar-refractivity contribution < 1.29 is 18.3 Å². The Morgan fingerprint density at radius 2 is 1.94 bits per heavy atom. The number of sulfonamides is 1. The number of fused-ring (bicyclic) bond motifs is 1. The number of aromatic nitrogens is 4. The molecule has 12 heteroatoms. The van der Waals surface area contributed by atoms with Gasteiger partial charge in [0.25, 0.3) is 0 Å². The highest BCUT2D eigenvalue weighted by Crippen LogP contribution is 2.31. The number of thioether (sulfide) groups is 1. The molecule has 0 bridgehead atoms. The minimum Gasteiger partial charge on any atom is -0.396 e. The number of aliphatic hydroxyl groups excluding tert-OH is 1. The molecule has 0 spiro atoms. The van der Waals surface area contributed by atoms with E-state index >= 15 is 0 Å². The summed E-state index contributed by atoms with van der Waals surface area (Å²) in [6.45, 7) is 0.518. The second-order valence-corrected chi connectivity index (χ2v) is 9.99. The molecular weight excluding hydrogens is 476 g/mol. The number of hydrogen-bond donors (Lipinski definition) is 3. The van der Waals surface area contributed by atoms with Gasteiger partial charge in [-0.05, 0) is 36.4 Å². The fourth-order valence-corrected chi connectivity index (χ4v) is 4.93. The van der Waals surface area contributed by atoms with Crippen molar-refractivity contribution >= 4 is 39.1 Å². The van der Waals surface area contributed by atoms with Gasteiger partial charge < -0.3 is 15.2 Å². The van der Waals surface area contributed by atoms with Crippen LogP contribution < -0.4 is 10.0 Å². The van der Waals surface area contributed by atoms with E-state index < -0.39 is 10.0 Å². The van der Waals surface area contributed by atoms with Crippen molar-refractivity contribution in [1.82, 2.24) is 24.1 Å². The molecule has 178 valence electrons. The van der Waals surface area contributed by atoms with Crippen LogP contribution >= 0.6 is 11.8 Å². The second kappa shape index (κ2) is 10.9. The summed E-state index contributed by atoms with van der Waals surface area (Å²) < 4.78 is 34.0. The van der Waals surface area contributed by atoms with Gasteiger partial charge in [-0.3, -0.25) is 4.40 Å². The van der Waals surface area contributed by atoms with E-state index in [1.54, 1.807) is 24.5 Å². The van der Waals surface area contributed by atoms with E-state index in [0.717, 1.165) is 16.2 Å². The van der Waals surface area contributed by atoms with Crippen molar-refractivity contribution in [1.29, 1.82) is 0 Å². The van der Waals surface area contributed by atoms with Gasteiger partial charge in [0.1, 0.15) is 11.3 Å². The molecule has 1 aromatic carbocycles. The lowest BCUT2D eigenvalue weighted by Crippen LogP contribution is -2.27. The van der Waals surface area contributed by atoms with Crippen molar-refractivity contribution in [2.75, 3.05) is 37.9 Å². The largest absolute Gasteiger partial charge is 0.396 e. The van der Waals surface area contributed by atoms with Crippen molar-refractivity contribution in [2.24, 2.45) is 0 Å². The molecule has 34 heavy (non-hydrogen) atoms. The van der Waals surface area contributed by atoms with Crippen LogP contribution in [-0.4, -0.2) is 65.5 Å². The molecule has 4 aromatic rings. The van der Waals surface area contributed by atoms with E-state index in [1.165, 1.54) is 31.0 Å². The van der Waals surface area contributed by atoms with Crippen molar-refractivity contribution in [3.8, 4) is 11.4 Å². The van der Waals surface area contributed by atoms with Crippen LogP contribution in [0.25, 0.3) is 17.0 Å². The van der Waals surface area contributed by atoms with Gasteiger partial charge in [-0.1, -0.05) is 6.07 Å². The van der Waals surface area contributed by atoms with Gasteiger partial charge in [0.15, 0.2) is 0 Å². The summed E-state index contributed by atoms with van der Waals surface area (Å²) in [5.74, 6) is 0.858. The summed E-state index contributed by atoms with van der Waals surface area (Å²) in [6, 6.07) is 12.1. The number of benzene rings is 1. The number of methoxy groups -OCH3 is 1. The third-order valence-corrected chi connectivity index (χ3v) is 7.26. The summed E-state index contributed by atoms with van der Waals surface area (Å²) in [7, 11) is -2.11. The van der Waals surface area contributed by atoms with Gasteiger partial charge in [0.2, 0.25) is 16.0 Å². The first-order valence-corrected chi connectivity index (χ1v) is 12.9. The Balaban J connectivity index is 1.60. The number of rotatable bonds is 11. The van der Waals surface area contributed by atoms with E-state index in [4.69, 9.17) is 9.72 Å². The summed E-state index contributed by atoms with van der Waals surface area (Å²) in [5, 5.41) is 12.4. The first-order chi connectivity index (χ1) is 16.5. The number of hydrogen-bond acceptors (Lipinski definition) is 9. The fraction of sp³-hybridized carbons (Fsp3) is 0.227. The number of nitrogens with one attached hydrogen (secondary N) is 2. The average Bonchev–Trinajstić information content (AvgIpc) is 3.28. The highest BCUT2D eigenvalue weighted by Gasteiger charge is 2.16. The van der Waals surface area contributed by atoms with Gasteiger partial charge in [0.05, 0.1) is 34.9 Å². The number of aliphatic hydroxyl groups is 1. The molecule has 0 aliphatic heterocycles. The molecule has 0 radical (unpaired) electrons. The summed E-state index contributed by atoms with van der Waals surface area (Å²) in [5.41, 5.74) is 2.90. The quantitative estimate of drug-likeness (QED) is 0.210. The van der Waals surface area contributed by atoms with E-state index in [1.807, 2.05) is 28.8 Å². The number of ether oxygens (including phenoxy) is 1. The predicted octanol–water partition coefficient (Wildman–Crippen LogP) is 2.54. The van der Waals surface area contributed by atoms with Crippen LogP contribution in [0.2, 0.25) is 0 Å². The molecule has 0 amide bonds. The molecule has 4 rings (SSSR count). The van der Waals surface area contributed by atoms with E-state index in [-0.39, 0.29) is 24.7 Å². The molecule has 0 saturated heterocycles. The molecular formula is C22H24N6O4S2. The maximum Gasteiger partial charge on any atom is 0.240 e. The zero-order chi connectivity index (χ0) is 24.0. The first kappa shape index (κ1) is 24.1. The third kappa shape index (κ3) is 5.54. The molecule has 3 heterocycles. The lowest BCUT2D eigenvalue weighted by molar-refractivity contribution is 0.204. The summed E-state index contributed by atoms with van der Waals surface area (Å²) in [6.07, 6.45) is 5.36. The van der Waals surface area contributed by atoms with E-state index in [0.29, 0.717) is 23.1 Å². The minimum absolute atomic E-state index is 0.0346. The highest BCUT2D eigenvalue weighted by molar-refractivity contribution is 7.99. The minimum atomic E-state index is -3.62. The molecule has 3 aromatic heterocycles. The molecule has 0 unspecified atom stereocenters. The maximum absolute atomic E-state index is 12.3. The van der Waals surface area contributed by atoms with Crippen LogP contribution in [0.5, 0.6) is 0 Å². The van der Waals surface area contributed by atoms with E-state index in [2.05, 4.69) is 20.0 Å². The zero-order valence-corrected chi connectivity index (χ0v) is 20.0. The van der Waals surface area contributed by atoms with Crippen LogP contribution in [-0.2, 0) is 14.8 Å². The zero-order valence-electron chi connectivity index (χ0n) is 18.4. The van der Waals surface area contributed by atoms with Crippen molar-refractivity contribution in [2.45, 2.75) is 9.79 Å². The molecule has 0 aliphatic carbocycles. The third-order valence-electron chi connectivity index (χ3n) is 4.78. The molecule has 0 atom stereocenters. The Hall–Kier alpha value is -3.03. The lowest BCUT2D eigenvalue weighted by atomic mass is 10.3. The normalized spacial score (nSPS) is 11.7. The van der Waals surface area contributed by atoms with Crippen LogP contribution in [0.15, 0.2) is 70.8 Å². The molecule has 0 aliphatic rings. The number of nitrogens with zero attached hydrogens (tertiary/aromatic N) is 4. The Morgan fingerprint density at radius 1 is 1.12 bits per heavy atom. The Labute approximate surface area is 201 Å². The highest BCUT2D eigenvalue weighted by atomic mass is 32.2. The standard InChI is InChI=1S/C22H24N6O4S2/c1-32-12-9-25-34(30,31)17-7-5-16(6-8-17)26-22-24-15-19(33-13-11-29)21(27-22)18-14-23-20-4-2-3-10-28(18)20/h2-8,10,14-15,25,29H,9,11-13H2,1H3,(H,24,26,27). The number of pyridine rings is 1. The van der Waals surface area contributed by atoms with Gasteiger partial charge >= 0.3 is 0 Å². The van der Waals surface area contributed by atoms with Crippen LogP contribution in [0.3, 0.4) is 0 Å². The van der Waals surface area contributed by atoms with Crippen molar-refractivity contribution in [3.05, 3.63) is 61.1 Å². The maximum atomic E-state index is 12.3. The Kier molecular flexibility index (Phi) is 7.75. The van der Waals surface area contributed by atoms with Crippen molar-refractivity contribution in [3.63, 3.8) is 0 Å². The lowest BCUT2D eigenvalue weighted by Gasteiger charge is -2.11. The molecule has 10 nitrogen and oxygen atoms in total. The number of anilines is 2. The van der Waals surface area contributed by atoms with Gasteiger partial charge in [-0.2, -0.15) is 0 Å². The molecule has 0 fully saturated rings. The van der Waals surface area contributed by atoms with Crippen LogP contribution in [0.4, 0.5) is 11.6 Å². The second-order valence-electron chi connectivity index (χ2n) is 7.09. The van der Waals surface area contributed by atoms with Gasteiger partial charge in [0, 0.05) is 37.5 Å². The fourth-order valence-electron chi connectivity index (χ4n) is 3.19. The van der Waals surface area contributed by atoms with Gasteiger partial charge in [-0.25, -0.2) is 28.1 Å². The topological polar surface area (TPSA) is 131 Å². The number of imidazole rings is 1.